The van der Waals surface area contributed by atoms with Crippen LogP contribution in [0.4, 0.5) is 0 Å². The van der Waals surface area contributed by atoms with Crippen molar-refractivity contribution in [2.45, 2.75) is 6.92 Å². The van der Waals surface area contributed by atoms with E-state index in [0.717, 1.165) is 55.9 Å². The number of para-hydroxylation sites is 3. The number of hydrogen-bond acceptors (Lipinski definition) is 4. The van der Waals surface area contributed by atoms with Crippen LogP contribution in [-0.2, 0) is 0 Å². The van der Waals surface area contributed by atoms with Crippen LogP contribution in [0.15, 0.2) is 183 Å². The molecule has 0 saturated carbocycles. The van der Waals surface area contributed by atoms with Crippen molar-refractivity contribution in [3.05, 3.63) is 194 Å². The van der Waals surface area contributed by atoms with Crippen LogP contribution in [0.3, 0.4) is 0 Å². The third kappa shape index (κ3) is 5.57. The van der Waals surface area contributed by atoms with Gasteiger partial charge in [0.1, 0.15) is 0 Å². The van der Waals surface area contributed by atoms with Crippen molar-refractivity contribution < 1.29 is 0 Å². The average molecular weight is 762 g/mol. The molecule has 4 aromatic heterocycles. The van der Waals surface area contributed by atoms with Crippen LogP contribution in [0.1, 0.15) is 11.3 Å². The predicted molar refractivity (Wildman–Crippen MR) is 244 cm³/mol. The van der Waals surface area contributed by atoms with Crippen molar-refractivity contribution in [2.24, 2.45) is 0 Å². The van der Waals surface area contributed by atoms with Crippen molar-refractivity contribution in [3.63, 3.8) is 0 Å². The van der Waals surface area contributed by atoms with Gasteiger partial charge in [0.25, 0.3) is 0 Å². The summed E-state index contributed by atoms with van der Waals surface area (Å²) >= 11 is 1.81. The summed E-state index contributed by atoms with van der Waals surface area (Å²) in [5.74, 6) is 1.93. The van der Waals surface area contributed by atoms with Gasteiger partial charge in [0.2, 0.25) is 0 Å². The van der Waals surface area contributed by atoms with E-state index in [2.05, 4.69) is 174 Å². The first-order valence-corrected chi connectivity index (χ1v) is 20.2. The number of thiophene rings is 1. The van der Waals surface area contributed by atoms with Crippen molar-refractivity contribution in [3.8, 4) is 39.9 Å². The Balaban J connectivity index is 0.978. The smallest absolute Gasteiger partial charge is 0.164 e. The fraction of sp³-hybridized carbons (Fsp3) is 0.0192. The molecule has 11 aromatic rings. The molecule has 0 unspecified atom stereocenters. The summed E-state index contributed by atoms with van der Waals surface area (Å²) in [7, 11) is 0. The zero-order valence-corrected chi connectivity index (χ0v) is 32.5. The summed E-state index contributed by atoms with van der Waals surface area (Å²) in [4.78, 5) is 15.2. The van der Waals surface area contributed by atoms with Crippen molar-refractivity contribution >= 4 is 76.0 Å². The Kier molecular flexibility index (Phi) is 7.98. The minimum atomic E-state index is 0.631. The standard InChI is InChI=1S/C52H35N5S/c1-33(56-45-20-10-7-17-41(45)42-18-8-11-21-46(42)56)24-30-39-34(2)57(47-22-12-6-16-40(39)47)38-28-25-36(26-29-38)51-53-50(35-14-4-3-5-15-35)54-52(55-51)37-27-31-49-44(32-37)43-19-9-13-23-48(43)58-49/h3-32H,1H2,2H3/b30-24-. The molecule has 4 heterocycles. The van der Waals surface area contributed by atoms with Gasteiger partial charge in [0, 0.05) is 75.7 Å². The monoisotopic (exact) mass is 761 g/mol. The highest BCUT2D eigenvalue weighted by Crippen LogP contribution is 2.37. The summed E-state index contributed by atoms with van der Waals surface area (Å²) < 4.78 is 7.11. The zero-order chi connectivity index (χ0) is 38.7. The third-order valence-corrected chi connectivity index (χ3v) is 12.3. The first kappa shape index (κ1) is 33.9. The number of fused-ring (bicyclic) bond motifs is 7. The van der Waals surface area contributed by atoms with E-state index in [1.54, 1.807) is 0 Å². The number of hydrogen-bond donors (Lipinski definition) is 0. The highest BCUT2D eigenvalue weighted by Gasteiger charge is 2.17. The van der Waals surface area contributed by atoms with Crippen LogP contribution < -0.4 is 0 Å². The van der Waals surface area contributed by atoms with E-state index in [4.69, 9.17) is 15.0 Å². The van der Waals surface area contributed by atoms with Gasteiger partial charge in [-0.3, -0.25) is 0 Å². The summed E-state index contributed by atoms with van der Waals surface area (Å²) in [6.45, 7) is 6.74. The number of benzene rings is 7. The Labute approximate surface area is 339 Å². The molecule has 0 bridgehead atoms. The molecule has 0 saturated heterocycles. The van der Waals surface area contributed by atoms with E-state index >= 15 is 0 Å². The fourth-order valence-corrected chi connectivity index (χ4v) is 9.48. The molecule has 7 aromatic carbocycles. The molecule has 6 heteroatoms. The number of rotatable bonds is 7. The lowest BCUT2D eigenvalue weighted by Crippen LogP contribution is -2.01. The van der Waals surface area contributed by atoms with Crippen molar-refractivity contribution in [1.29, 1.82) is 0 Å². The quantitative estimate of drug-likeness (QED) is 0.152. The highest BCUT2D eigenvalue weighted by molar-refractivity contribution is 7.25. The third-order valence-electron chi connectivity index (χ3n) is 11.2. The minimum Gasteiger partial charge on any atom is -0.313 e. The van der Waals surface area contributed by atoms with Gasteiger partial charge < -0.3 is 9.13 Å². The van der Waals surface area contributed by atoms with Crippen molar-refractivity contribution in [2.75, 3.05) is 0 Å². The maximum absolute atomic E-state index is 5.10. The minimum absolute atomic E-state index is 0.631. The molecular formula is C52H35N5S. The van der Waals surface area contributed by atoms with E-state index in [1.807, 2.05) is 41.7 Å². The van der Waals surface area contributed by atoms with Crippen LogP contribution in [-0.4, -0.2) is 24.1 Å². The molecular weight excluding hydrogens is 727 g/mol. The Morgan fingerprint density at radius 3 is 1.71 bits per heavy atom. The molecule has 0 aliphatic carbocycles. The molecule has 0 radical (unpaired) electrons. The van der Waals surface area contributed by atoms with Gasteiger partial charge >= 0.3 is 0 Å². The van der Waals surface area contributed by atoms with E-state index in [-0.39, 0.29) is 0 Å². The maximum atomic E-state index is 5.10. The Bertz CT molecular complexity index is 3370. The van der Waals surface area contributed by atoms with Gasteiger partial charge in [-0.05, 0) is 79.7 Å². The number of allylic oxidation sites excluding steroid dienone is 2. The van der Waals surface area contributed by atoms with Gasteiger partial charge in [0.05, 0.1) is 16.6 Å². The summed E-state index contributed by atoms with van der Waals surface area (Å²) in [5, 5.41) is 6.09. The first-order valence-electron chi connectivity index (χ1n) is 19.4. The Morgan fingerprint density at radius 1 is 0.500 bits per heavy atom. The van der Waals surface area contributed by atoms with Crippen LogP contribution in [0.25, 0.3) is 105 Å². The molecule has 0 atom stereocenters. The van der Waals surface area contributed by atoms with E-state index in [1.165, 1.54) is 36.3 Å². The van der Waals surface area contributed by atoms with Gasteiger partial charge in [-0.1, -0.05) is 116 Å². The summed E-state index contributed by atoms with van der Waals surface area (Å²) in [6, 6.07) is 59.5. The molecule has 5 nitrogen and oxygen atoms in total. The molecule has 0 N–H and O–H groups in total. The van der Waals surface area contributed by atoms with E-state index in [9.17, 15) is 0 Å². The zero-order valence-electron chi connectivity index (χ0n) is 31.7. The van der Waals surface area contributed by atoms with Crippen LogP contribution in [0, 0.1) is 6.92 Å². The fourth-order valence-electron chi connectivity index (χ4n) is 8.40. The Morgan fingerprint density at radius 2 is 1.02 bits per heavy atom. The number of aromatic nitrogens is 5. The van der Waals surface area contributed by atoms with Gasteiger partial charge in [-0.2, -0.15) is 0 Å². The van der Waals surface area contributed by atoms with Crippen LogP contribution in [0.5, 0.6) is 0 Å². The number of nitrogens with zero attached hydrogens (tertiary/aromatic N) is 5. The summed E-state index contributed by atoms with van der Waals surface area (Å²) in [6.07, 6.45) is 4.35. The van der Waals surface area contributed by atoms with Crippen LogP contribution >= 0.6 is 11.3 Å². The molecule has 0 amide bonds. The molecule has 0 spiro atoms. The SMILES string of the molecule is C=C(/C=C\c1c(C)n(-c2ccc(-c3nc(-c4ccccc4)nc(-c4ccc5sc6ccccc6c5c4)n3)cc2)c2ccccc12)n1c2ccccc2c2ccccc21. The first-order chi connectivity index (χ1) is 28.6. The van der Waals surface area contributed by atoms with Crippen molar-refractivity contribution in [1.82, 2.24) is 24.1 Å². The molecule has 274 valence electrons. The molecule has 0 aliphatic rings. The van der Waals surface area contributed by atoms with Gasteiger partial charge in [-0.25, -0.2) is 15.0 Å². The Hall–Kier alpha value is -7.41. The second-order valence-electron chi connectivity index (χ2n) is 14.6. The lowest BCUT2D eigenvalue weighted by atomic mass is 10.1. The second-order valence-corrected chi connectivity index (χ2v) is 15.7. The average Bonchev–Trinajstić information content (AvgIpc) is 3.92. The molecule has 11 rings (SSSR count). The molecule has 0 aliphatic heterocycles. The lowest BCUT2D eigenvalue weighted by molar-refractivity contribution is 1.05. The van der Waals surface area contributed by atoms with Gasteiger partial charge in [0.15, 0.2) is 17.5 Å². The van der Waals surface area contributed by atoms with E-state index < -0.39 is 0 Å². The largest absolute Gasteiger partial charge is 0.313 e. The lowest BCUT2D eigenvalue weighted by Gasteiger charge is -2.11. The van der Waals surface area contributed by atoms with Gasteiger partial charge in [-0.15, -0.1) is 11.3 Å². The normalized spacial score (nSPS) is 11.9. The molecule has 58 heavy (non-hydrogen) atoms. The van der Waals surface area contributed by atoms with Crippen LogP contribution in [0.2, 0.25) is 0 Å². The van der Waals surface area contributed by atoms with E-state index in [0.29, 0.717) is 17.5 Å². The summed E-state index contributed by atoms with van der Waals surface area (Å²) in [5.41, 5.74) is 10.5. The highest BCUT2D eigenvalue weighted by atomic mass is 32.1. The predicted octanol–water partition coefficient (Wildman–Crippen LogP) is 13.8. The maximum Gasteiger partial charge on any atom is 0.164 e. The second kappa shape index (κ2) is 13.7. The molecule has 0 fully saturated rings. The topological polar surface area (TPSA) is 48.5 Å².